The van der Waals surface area contributed by atoms with Crippen molar-refractivity contribution in [3.05, 3.63) is 50.9 Å². The molecule has 0 aliphatic rings. The molecule has 0 amide bonds. The predicted molar refractivity (Wildman–Crippen MR) is 64.1 cm³/mol. The zero-order chi connectivity index (χ0) is 12.4. The van der Waals surface area contributed by atoms with Crippen molar-refractivity contribution in [2.24, 2.45) is 0 Å². The van der Waals surface area contributed by atoms with Crippen LogP contribution in [-0.2, 0) is 0 Å². The molecule has 0 fully saturated rings. The van der Waals surface area contributed by atoms with Gasteiger partial charge >= 0.3 is 0 Å². The van der Waals surface area contributed by atoms with Gasteiger partial charge < -0.3 is 0 Å². The second kappa shape index (κ2) is 4.65. The first kappa shape index (κ1) is 11.8. The van der Waals surface area contributed by atoms with Gasteiger partial charge in [-0.15, -0.1) is 0 Å². The molecule has 86 valence electrons. The van der Waals surface area contributed by atoms with Gasteiger partial charge in [0.1, 0.15) is 0 Å². The van der Waals surface area contributed by atoms with Crippen LogP contribution in [0.5, 0.6) is 0 Å². The number of aromatic nitrogens is 2. The number of hydrogen-bond donors (Lipinski definition) is 0. The van der Waals surface area contributed by atoms with Crippen LogP contribution in [0.15, 0.2) is 30.5 Å². The van der Waals surface area contributed by atoms with Gasteiger partial charge in [-0.05, 0) is 23.7 Å². The van der Waals surface area contributed by atoms with E-state index >= 15 is 0 Å². The van der Waals surface area contributed by atoms with Gasteiger partial charge in [0, 0.05) is 23.9 Å². The standard InChI is InChI=1S/C10H5Cl2N3O2/c11-8-2-1-6(15(16)17)5-7(8)9-3-4-13-10(12)14-9/h1-5H. The summed E-state index contributed by atoms with van der Waals surface area (Å²) in [5, 5.41) is 11.1. The van der Waals surface area contributed by atoms with Crippen molar-refractivity contribution in [3.8, 4) is 11.3 Å². The average Bonchev–Trinajstić information content (AvgIpc) is 2.29. The summed E-state index contributed by atoms with van der Waals surface area (Å²) in [7, 11) is 0. The first-order valence-electron chi connectivity index (χ1n) is 4.51. The van der Waals surface area contributed by atoms with E-state index in [4.69, 9.17) is 23.2 Å². The molecule has 0 bridgehead atoms. The van der Waals surface area contributed by atoms with E-state index in [0.717, 1.165) is 0 Å². The van der Waals surface area contributed by atoms with Gasteiger partial charge in [0.05, 0.1) is 15.6 Å². The Morgan fingerprint density at radius 3 is 2.65 bits per heavy atom. The number of nitrogens with zero attached hydrogens (tertiary/aromatic N) is 3. The molecule has 0 aliphatic carbocycles. The molecule has 0 unspecified atom stereocenters. The van der Waals surface area contributed by atoms with Crippen molar-refractivity contribution in [2.45, 2.75) is 0 Å². The Bertz CT molecular complexity index is 590. The van der Waals surface area contributed by atoms with Crippen molar-refractivity contribution < 1.29 is 4.92 Å². The minimum atomic E-state index is -0.497. The molecular formula is C10H5Cl2N3O2. The number of halogens is 2. The van der Waals surface area contributed by atoms with Crippen LogP contribution in [0.3, 0.4) is 0 Å². The minimum Gasteiger partial charge on any atom is -0.258 e. The highest BCUT2D eigenvalue weighted by atomic mass is 35.5. The van der Waals surface area contributed by atoms with E-state index in [1.165, 1.54) is 24.4 Å². The van der Waals surface area contributed by atoms with E-state index in [1.54, 1.807) is 6.07 Å². The molecule has 1 aromatic heterocycles. The molecule has 2 rings (SSSR count). The highest BCUT2D eigenvalue weighted by Crippen LogP contribution is 2.30. The topological polar surface area (TPSA) is 68.9 Å². The number of rotatable bonds is 2. The van der Waals surface area contributed by atoms with Crippen molar-refractivity contribution in [3.63, 3.8) is 0 Å². The van der Waals surface area contributed by atoms with Crippen LogP contribution in [-0.4, -0.2) is 14.9 Å². The fraction of sp³-hybridized carbons (Fsp3) is 0. The van der Waals surface area contributed by atoms with Gasteiger partial charge in [-0.2, -0.15) is 0 Å². The molecule has 0 radical (unpaired) electrons. The van der Waals surface area contributed by atoms with E-state index < -0.39 is 4.92 Å². The van der Waals surface area contributed by atoms with Crippen LogP contribution in [0.1, 0.15) is 0 Å². The molecule has 0 spiro atoms. The Hall–Kier alpha value is -1.72. The maximum absolute atomic E-state index is 10.7. The van der Waals surface area contributed by atoms with Crippen molar-refractivity contribution in [2.75, 3.05) is 0 Å². The average molecular weight is 270 g/mol. The monoisotopic (exact) mass is 269 g/mol. The third kappa shape index (κ3) is 2.51. The fourth-order valence-electron chi connectivity index (χ4n) is 1.31. The van der Waals surface area contributed by atoms with Crippen LogP contribution >= 0.6 is 23.2 Å². The van der Waals surface area contributed by atoms with Crippen LogP contribution in [0.4, 0.5) is 5.69 Å². The summed E-state index contributed by atoms with van der Waals surface area (Å²) in [6, 6.07) is 5.71. The van der Waals surface area contributed by atoms with Gasteiger partial charge in [0.2, 0.25) is 5.28 Å². The molecule has 0 N–H and O–H groups in total. The quantitative estimate of drug-likeness (QED) is 0.476. The van der Waals surface area contributed by atoms with Gasteiger partial charge in [-0.25, -0.2) is 9.97 Å². The maximum atomic E-state index is 10.7. The van der Waals surface area contributed by atoms with Crippen LogP contribution < -0.4 is 0 Å². The lowest BCUT2D eigenvalue weighted by molar-refractivity contribution is -0.384. The SMILES string of the molecule is O=[N+]([O-])c1ccc(Cl)c(-c2ccnc(Cl)n2)c1. The van der Waals surface area contributed by atoms with E-state index in [1.807, 2.05) is 0 Å². The molecular weight excluding hydrogens is 265 g/mol. The van der Waals surface area contributed by atoms with Crippen molar-refractivity contribution >= 4 is 28.9 Å². The van der Waals surface area contributed by atoms with Gasteiger partial charge in [0.25, 0.3) is 5.69 Å². The Labute approximate surface area is 106 Å². The molecule has 5 nitrogen and oxygen atoms in total. The highest BCUT2D eigenvalue weighted by Gasteiger charge is 2.12. The second-order valence-corrected chi connectivity index (χ2v) is 3.88. The number of benzene rings is 1. The van der Waals surface area contributed by atoms with E-state index in [2.05, 4.69) is 9.97 Å². The summed E-state index contributed by atoms with van der Waals surface area (Å²) in [6.07, 6.45) is 1.46. The Morgan fingerprint density at radius 1 is 1.24 bits per heavy atom. The second-order valence-electron chi connectivity index (χ2n) is 3.13. The number of nitro benzene ring substituents is 1. The van der Waals surface area contributed by atoms with Crippen LogP contribution in [0.25, 0.3) is 11.3 Å². The summed E-state index contributed by atoms with van der Waals surface area (Å²) >= 11 is 11.6. The van der Waals surface area contributed by atoms with Crippen LogP contribution in [0, 0.1) is 10.1 Å². The number of nitro groups is 1. The highest BCUT2D eigenvalue weighted by molar-refractivity contribution is 6.33. The summed E-state index contributed by atoms with van der Waals surface area (Å²) < 4.78 is 0. The summed E-state index contributed by atoms with van der Waals surface area (Å²) in [5.41, 5.74) is 0.836. The zero-order valence-corrected chi connectivity index (χ0v) is 9.81. The van der Waals surface area contributed by atoms with Crippen molar-refractivity contribution in [1.29, 1.82) is 0 Å². The molecule has 1 aromatic carbocycles. The normalized spacial score (nSPS) is 10.2. The first-order chi connectivity index (χ1) is 8.08. The molecule has 0 atom stereocenters. The molecule has 7 heteroatoms. The lowest BCUT2D eigenvalue weighted by Gasteiger charge is -2.03. The Balaban J connectivity index is 2.58. The largest absolute Gasteiger partial charge is 0.270 e. The summed E-state index contributed by atoms with van der Waals surface area (Å²) in [4.78, 5) is 17.9. The molecule has 1 heterocycles. The fourth-order valence-corrected chi connectivity index (χ4v) is 1.67. The van der Waals surface area contributed by atoms with Crippen molar-refractivity contribution in [1.82, 2.24) is 9.97 Å². The molecule has 17 heavy (non-hydrogen) atoms. The van der Waals surface area contributed by atoms with Gasteiger partial charge in [0.15, 0.2) is 0 Å². The lowest BCUT2D eigenvalue weighted by atomic mass is 10.1. The third-order valence-corrected chi connectivity index (χ3v) is 2.57. The third-order valence-electron chi connectivity index (χ3n) is 2.06. The lowest BCUT2D eigenvalue weighted by Crippen LogP contribution is -1.91. The summed E-state index contributed by atoms with van der Waals surface area (Å²) in [5.74, 6) is 0. The Morgan fingerprint density at radius 2 is 2.00 bits per heavy atom. The maximum Gasteiger partial charge on any atom is 0.270 e. The minimum absolute atomic E-state index is 0.0564. The molecule has 0 saturated heterocycles. The Kier molecular flexibility index (Phi) is 3.21. The molecule has 2 aromatic rings. The van der Waals surface area contributed by atoms with Gasteiger partial charge in [-0.1, -0.05) is 11.6 Å². The van der Waals surface area contributed by atoms with E-state index in [0.29, 0.717) is 16.3 Å². The van der Waals surface area contributed by atoms with Gasteiger partial charge in [-0.3, -0.25) is 10.1 Å². The summed E-state index contributed by atoms with van der Waals surface area (Å²) in [6.45, 7) is 0. The van der Waals surface area contributed by atoms with E-state index in [-0.39, 0.29) is 11.0 Å². The van der Waals surface area contributed by atoms with E-state index in [9.17, 15) is 10.1 Å². The molecule has 0 saturated carbocycles. The predicted octanol–water partition coefficient (Wildman–Crippen LogP) is 3.36. The van der Waals surface area contributed by atoms with Crippen LogP contribution in [0.2, 0.25) is 10.3 Å². The zero-order valence-electron chi connectivity index (χ0n) is 8.30. The molecule has 0 aliphatic heterocycles. The smallest absolute Gasteiger partial charge is 0.258 e. The first-order valence-corrected chi connectivity index (χ1v) is 5.26. The number of non-ortho nitro benzene ring substituents is 1. The number of hydrogen-bond acceptors (Lipinski definition) is 4.